The Morgan fingerprint density at radius 3 is 2.57 bits per heavy atom. The predicted octanol–water partition coefficient (Wildman–Crippen LogP) is 2.04. The molecule has 0 saturated carbocycles. The number of halogens is 2. The Morgan fingerprint density at radius 2 is 2.00 bits per heavy atom. The molecule has 0 aromatic heterocycles. The summed E-state index contributed by atoms with van der Waals surface area (Å²) >= 11 is 0. The second kappa shape index (κ2) is 4.09. The van der Waals surface area contributed by atoms with Crippen molar-refractivity contribution in [2.75, 3.05) is 0 Å². The number of aldehydes is 1. The average Bonchev–Trinajstić information content (AvgIpc) is 2.15. The topological polar surface area (TPSA) is 34.1 Å². The molecule has 4 heteroatoms. The van der Waals surface area contributed by atoms with E-state index in [-0.39, 0.29) is 11.1 Å². The van der Waals surface area contributed by atoms with Crippen LogP contribution in [0.3, 0.4) is 0 Å². The van der Waals surface area contributed by atoms with Gasteiger partial charge in [0.2, 0.25) is 0 Å². The van der Waals surface area contributed by atoms with Gasteiger partial charge in [-0.05, 0) is 18.6 Å². The molecule has 14 heavy (non-hydrogen) atoms. The number of hydrogen-bond acceptors (Lipinski definition) is 2. The number of carbonyl (C=O) groups excluding carboxylic acids is 2. The van der Waals surface area contributed by atoms with Gasteiger partial charge in [-0.25, -0.2) is 8.78 Å². The largest absolute Gasteiger partial charge is 0.303 e. The molecule has 0 bridgehead atoms. The van der Waals surface area contributed by atoms with E-state index in [2.05, 4.69) is 0 Å². The molecule has 0 unspecified atom stereocenters. The summed E-state index contributed by atoms with van der Waals surface area (Å²) in [4.78, 5) is 21.1. The first-order valence-electron chi connectivity index (χ1n) is 3.99. The van der Waals surface area contributed by atoms with Gasteiger partial charge in [-0.2, -0.15) is 0 Å². The van der Waals surface area contributed by atoms with Crippen LogP contribution in [0.15, 0.2) is 12.1 Å². The second-order valence-electron chi connectivity index (χ2n) is 2.85. The van der Waals surface area contributed by atoms with Crippen LogP contribution in [0.4, 0.5) is 8.78 Å². The second-order valence-corrected chi connectivity index (χ2v) is 2.85. The molecule has 2 nitrogen and oxygen atoms in total. The van der Waals surface area contributed by atoms with E-state index in [4.69, 9.17) is 0 Å². The Hall–Kier alpha value is -1.58. The molecule has 0 N–H and O–H groups in total. The Bertz CT molecular complexity index is 386. The minimum absolute atomic E-state index is 0.130. The quantitative estimate of drug-likeness (QED) is 0.423. The van der Waals surface area contributed by atoms with E-state index in [0.717, 1.165) is 0 Å². The number of benzene rings is 1. The SMILES string of the molecule is Cc1ccc(C(=O)CC=O)c(F)c1F. The lowest BCUT2D eigenvalue weighted by molar-refractivity contribution is -0.107. The first-order valence-corrected chi connectivity index (χ1v) is 3.99. The van der Waals surface area contributed by atoms with E-state index in [1.54, 1.807) is 0 Å². The molecule has 0 amide bonds. The van der Waals surface area contributed by atoms with Crippen LogP contribution in [0.1, 0.15) is 22.3 Å². The van der Waals surface area contributed by atoms with E-state index >= 15 is 0 Å². The van der Waals surface area contributed by atoms with Crippen LogP contribution in [-0.4, -0.2) is 12.1 Å². The minimum Gasteiger partial charge on any atom is -0.303 e. The fourth-order valence-electron chi connectivity index (χ4n) is 1.05. The highest BCUT2D eigenvalue weighted by atomic mass is 19.2. The summed E-state index contributed by atoms with van der Waals surface area (Å²) < 4.78 is 26.1. The highest BCUT2D eigenvalue weighted by Crippen LogP contribution is 2.16. The molecule has 0 aliphatic rings. The molecule has 0 saturated heterocycles. The van der Waals surface area contributed by atoms with Gasteiger partial charge in [-0.15, -0.1) is 0 Å². The van der Waals surface area contributed by atoms with Crippen molar-refractivity contribution < 1.29 is 18.4 Å². The predicted molar refractivity (Wildman–Crippen MR) is 46.1 cm³/mol. The van der Waals surface area contributed by atoms with Gasteiger partial charge in [0.1, 0.15) is 6.29 Å². The van der Waals surface area contributed by atoms with Gasteiger partial charge in [-0.3, -0.25) is 4.79 Å². The molecule has 0 fully saturated rings. The summed E-state index contributed by atoms with van der Waals surface area (Å²) in [6.07, 6.45) is -0.0705. The van der Waals surface area contributed by atoms with Crippen molar-refractivity contribution in [2.24, 2.45) is 0 Å². The normalized spacial score (nSPS) is 9.93. The number of Topliss-reactive ketones (excluding diaryl/α,β-unsaturated/α-hetero) is 1. The summed E-state index contributed by atoms with van der Waals surface area (Å²) in [5, 5.41) is 0. The van der Waals surface area contributed by atoms with E-state index < -0.39 is 23.8 Å². The molecule has 1 aromatic rings. The molecular weight excluding hydrogens is 190 g/mol. The number of aryl methyl sites for hydroxylation is 1. The summed E-state index contributed by atoms with van der Waals surface area (Å²) in [5.74, 6) is -2.94. The lowest BCUT2D eigenvalue weighted by Gasteiger charge is -2.02. The Balaban J connectivity index is 3.17. The number of rotatable bonds is 3. The van der Waals surface area contributed by atoms with E-state index in [1.807, 2.05) is 0 Å². The van der Waals surface area contributed by atoms with E-state index in [9.17, 15) is 18.4 Å². The van der Waals surface area contributed by atoms with Crippen LogP contribution < -0.4 is 0 Å². The van der Waals surface area contributed by atoms with Gasteiger partial charge in [-0.1, -0.05) is 6.07 Å². The zero-order valence-electron chi connectivity index (χ0n) is 7.51. The smallest absolute Gasteiger partial charge is 0.172 e. The highest BCUT2D eigenvalue weighted by molar-refractivity contribution is 6.02. The molecule has 0 spiro atoms. The summed E-state index contributed by atoms with van der Waals surface area (Å²) in [6, 6.07) is 2.48. The minimum atomic E-state index is -1.18. The maximum atomic E-state index is 13.1. The third kappa shape index (κ3) is 1.84. The molecule has 0 radical (unpaired) electrons. The van der Waals surface area contributed by atoms with Gasteiger partial charge >= 0.3 is 0 Å². The lowest BCUT2D eigenvalue weighted by atomic mass is 10.1. The average molecular weight is 198 g/mol. The third-order valence-corrected chi connectivity index (χ3v) is 1.84. The Labute approximate surface area is 79.5 Å². The van der Waals surface area contributed by atoms with Gasteiger partial charge in [0.25, 0.3) is 0 Å². The van der Waals surface area contributed by atoms with Crippen molar-refractivity contribution in [1.82, 2.24) is 0 Å². The molecule has 74 valence electrons. The standard InChI is InChI=1S/C10H8F2O2/c1-6-2-3-7(8(14)4-5-13)10(12)9(6)11/h2-3,5H,4H2,1H3. The number of hydrogen-bond donors (Lipinski definition) is 0. The fourth-order valence-corrected chi connectivity index (χ4v) is 1.05. The fraction of sp³-hybridized carbons (Fsp3) is 0.200. The zero-order chi connectivity index (χ0) is 10.7. The summed E-state index contributed by atoms with van der Waals surface area (Å²) in [5.41, 5.74) is -0.245. The van der Waals surface area contributed by atoms with Crippen molar-refractivity contribution in [3.8, 4) is 0 Å². The first kappa shape index (κ1) is 10.5. The van der Waals surface area contributed by atoms with Crippen LogP contribution in [-0.2, 0) is 4.79 Å². The van der Waals surface area contributed by atoms with Gasteiger partial charge < -0.3 is 4.79 Å². The van der Waals surface area contributed by atoms with Crippen LogP contribution >= 0.6 is 0 Å². The summed E-state index contributed by atoms with van der Waals surface area (Å²) in [6.45, 7) is 1.40. The van der Waals surface area contributed by atoms with Crippen LogP contribution in [0.5, 0.6) is 0 Å². The zero-order valence-corrected chi connectivity index (χ0v) is 7.51. The molecule has 1 rings (SSSR count). The lowest BCUT2D eigenvalue weighted by Crippen LogP contribution is -2.05. The number of ketones is 1. The third-order valence-electron chi connectivity index (χ3n) is 1.84. The van der Waals surface area contributed by atoms with E-state index in [1.165, 1.54) is 19.1 Å². The van der Waals surface area contributed by atoms with Crippen molar-refractivity contribution in [2.45, 2.75) is 13.3 Å². The van der Waals surface area contributed by atoms with Crippen LogP contribution in [0, 0.1) is 18.6 Å². The molecule has 0 aliphatic carbocycles. The van der Waals surface area contributed by atoms with Crippen molar-refractivity contribution in [3.63, 3.8) is 0 Å². The van der Waals surface area contributed by atoms with Crippen molar-refractivity contribution in [3.05, 3.63) is 34.9 Å². The maximum Gasteiger partial charge on any atom is 0.172 e. The van der Waals surface area contributed by atoms with Crippen LogP contribution in [0.25, 0.3) is 0 Å². The molecule has 0 aliphatic heterocycles. The molecular formula is C10H8F2O2. The Morgan fingerprint density at radius 1 is 1.36 bits per heavy atom. The first-order chi connectivity index (χ1) is 6.57. The highest BCUT2D eigenvalue weighted by Gasteiger charge is 2.16. The molecule has 0 heterocycles. The molecule has 1 aromatic carbocycles. The number of carbonyl (C=O) groups is 2. The van der Waals surface area contributed by atoms with Gasteiger partial charge in [0.05, 0.1) is 12.0 Å². The Kier molecular flexibility index (Phi) is 3.06. The monoisotopic (exact) mass is 198 g/mol. The van der Waals surface area contributed by atoms with Crippen molar-refractivity contribution in [1.29, 1.82) is 0 Å². The van der Waals surface area contributed by atoms with Crippen molar-refractivity contribution >= 4 is 12.1 Å². The maximum absolute atomic E-state index is 13.1. The summed E-state index contributed by atoms with van der Waals surface area (Å²) in [7, 11) is 0. The van der Waals surface area contributed by atoms with Gasteiger partial charge in [0.15, 0.2) is 17.4 Å². The van der Waals surface area contributed by atoms with Crippen LogP contribution in [0.2, 0.25) is 0 Å². The van der Waals surface area contributed by atoms with Gasteiger partial charge in [0, 0.05) is 0 Å². The van der Waals surface area contributed by atoms with E-state index in [0.29, 0.717) is 6.29 Å². The molecule has 0 atom stereocenters.